The fourth-order valence-electron chi connectivity index (χ4n) is 2.74. The second kappa shape index (κ2) is 9.43. The Morgan fingerprint density at radius 1 is 1.12 bits per heavy atom. The van der Waals surface area contributed by atoms with Crippen LogP contribution in [0, 0.1) is 6.92 Å². The van der Waals surface area contributed by atoms with E-state index in [1.54, 1.807) is 0 Å². The van der Waals surface area contributed by atoms with Crippen LogP contribution in [0.4, 0.5) is 5.13 Å². The summed E-state index contributed by atoms with van der Waals surface area (Å²) in [6.45, 7) is 7.68. The van der Waals surface area contributed by atoms with E-state index in [9.17, 15) is 9.59 Å². The van der Waals surface area contributed by atoms with Crippen molar-refractivity contribution >= 4 is 28.3 Å². The standard InChI is InChI=1S/C19H26N4O2S/c1-5-14(6-2)18-22-23-19(26-18)21-17(25)11-16(20-13(4)24)15-9-7-12(3)8-10-15/h7-10,14,16H,5-6,11H2,1-4H3,(H,20,24)(H,21,23,25). The summed E-state index contributed by atoms with van der Waals surface area (Å²) in [6.07, 6.45) is 2.14. The lowest BCUT2D eigenvalue weighted by atomic mass is 10.0. The first-order valence-electron chi connectivity index (χ1n) is 8.89. The topological polar surface area (TPSA) is 84.0 Å². The smallest absolute Gasteiger partial charge is 0.228 e. The average molecular weight is 375 g/mol. The number of hydrogen-bond donors (Lipinski definition) is 2. The zero-order valence-corrected chi connectivity index (χ0v) is 16.5. The van der Waals surface area contributed by atoms with E-state index in [-0.39, 0.29) is 24.3 Å². The number of amides is 2. The van der Waals surface area contributed by atoms with E-state index in [2.05, 4.69) is 34.7 Å². The Labute approximate surface area is 158 Å². The Morgan fingerprint density at radius 2 is 1.77 bits per heavy atom. The van der Waals surface area contributed by atoms with Gasteiger partial charge in [0.1, 0.15) is 5.01 Å². The van der Waals surface area contributed by atoms with Crippen molar-refractivity contribution in [2.45, 2.75) is 58.9 Å². The van der Waals surface area contributed by atoms with E-state index in [0.717, 1.165) is 29.0 Å². The van der Waals surface area contributed by atoms with Crippen molar-refractivity contribution in [3.63, 3.8) is 0 Å². The lowest BCUT2D eigenvalue weighted by Gasteiger charge is -2.18. The summed E-state index contributed by atoms with van der Waals surface area (Å²) < 4.78 is 0. The van der Waals surface area contributed by atoms with E-state index in [0.29, 0.717) is 11.0 Å². The molecule has 0 fully saturated rings. The fraction of sp³-hybridized carbons (Fsp3) is 0.474. The summed E-state index contributed by atoms with van der Waals surface area (Å²) in [4.78, 5) is 24.0. The lowest BCUT2D eigenvalue weighted by Crippen LogP contribution is -2.29. The van der Waals surface area contributed by atoms with Crippen molar-refractivity contribution in [3.05, 3.63) is 40.4 Å². The number of anilines is 1. The Kier molecular flexibility index (Phi) is 7.26. The quantitative estimate of drug-likeness (QED) is 0.732. The van der Waals surface area contributed by atoms with Gasteiger partial charge in [0.15, 0.2) is 0 Å². The maximum atomic E-state index is 12.4. The Bertz CT molecular complexity index is 738. The molecule has 1 aromatic heterocycles. The van der Waals surface area contributed by atoms with Crippen molar-refractivity contribution in [2.75, 3.05) is 5.32 Å². The maximum absolute atomic E-state index is 12.4. The predicted molar refractivity (Wildman–Crippen MR) is 104 cm³/mol. The van der Waals surface area contributed by atoms with Crippen molar-refractivity contribution < 1.29 is 9.59 Å². The molecule has 1 unspecified atom stereocenters. The lowest BCUT2D eigenvalue weighted by molar-refractivity contribution is -0.120. The second-order valence-electron chi connectivity index (χ2n) is 6.37. The first-order valence-corrected chi connectivity index (χ1v) is 9.71. The molecule has 2 rings (SSSR count). The van der Waals surface area contributed by atoms with E-state index in [1.807, 2.05) is 31.2 Å². The van der Waals surface area contributed by atoms with Crippen LogP contribution in [0.15, 0.2) is 24.3 Å². The highest BCUT2D eigenvalue weighted by Crippen LogP contribution is 2.28. The fourth-order valence-corrected chi connectivity index (χ4v) is 3.77. The van der Waals surface area contributed by atoms with Crippen LogP contribution in [-0.2, 0) is 9.59 Å². The number of aryl methyl sites for hydroxylation is 1. The Balaban J connectivity index is 2.05. The molecule has 140 valence electrons. The van der Waals surface area contributed by atoms with Gasteiger partial charge in [0, 0.05) is 12.8 Å². The van der Waals surface area contributed by atoms with Gasteiger partial charge < -0.3 is 10.6 Å². The highest BCUT2D eigenvalue weighted by molar-refractivity contribution is 7.15. The number of nitrogens with zero attached hydrogens (tertiary/aromatic N) is 2. The largest absolute Gasteiger partial charge is 0.349 e. The van der Waals surface area contributed by atoms with E-state index >= 15 is 0 Å². The molecule has 0 aliphatic heterocycles. The number of rotatable bonds is 8. The highest BCUT2D eigenvalue weighted by Gasteiger charge is 2.19. The van der Waals surface area contributed by atoms with Gasteiger partial charge in [-0.2, -0.15) is 0 Å². The second-order valence-corrected chi connectivity index (χ2v) is 7.38. The molecule has 0 aliphatic rings. The molecule has 7 heteroatoms. The molecule has 1 atom stereocenters. The average Bonchev–Trinajstić information content (AvgIpc) is 3.04. The summed E-state index contributed by atoms with van der Waals surface area (Å²) >= 11 is 1.42. The highest BCUT2D eigenvalue weighted by atomic mass is 32.1. The Hall–Kier alpha value is -2.28. The molecule has 0 saturated heterocycles. The van der Waals surface area contributed by atoms with Gasteiger partial charge in [-0.25, -0.2) is 0 Å². The number of carbonyl (C=O) groups is 2. The van der Waals surface area contributed by atoms with E-state index in [1.165, 1.54) is 18.3 Å². The molecular formula is C19H26N4O2S. The van der Waals surface area contributed by atoms with Crippen LogP contribution < -0.4 is 10.6 Å². The summed E-state index contributed by atoms with van der Waals surface area (Å²) in [5, 5.41) is 15.4. The van der Waals surface area contributed by atoms with Gasteiger partial charge in [0.2, 0.25) is 16.9 Å². The number of aromatic nitrogens is 2. The van der Waals surface area contributed by atoms with Crippen LogP contribution in [0.1, 0.15) is 68.1 Å². The van der Waals surface area contributed by atoms with Gasteiger partial charge in [-0.05, 0) is 25.3 Å². The molecule has 1 heterocycles. The molecule has 1 aromatic carbocycles. The summed E-state index contributed by atoms with van der Waals surface area (Å²) in [5.74, 6) is 0.00437. The van der Waals surface area contributed by atoms with E-state index in [4.69, 9.17) is 0 Å². The van der Waals surface area contributed by atoms with Crippen molar-refractivity contribution in [2.24, 2.45) is 0 Å². The third-order valence-corrected chi connectivity index (χ3v) is 5.27. The predicted octanol–water partition coefficient (Wildman–Crippen LogP) is 3.96. The maximum Gasteiger partial charge on any atom is 0.228 e. The monoisotopic (exact) mass is 374 g/mol. The molecule has 26 heavy (non-hydrogen) atoms. The number of hydrogen-bond acceptors (Lipinski definition) is 5. The van der Waals surface area contributed by atoms with Gasteiger partial charge in [-0.15, -0.1) is 10.2 Å². The summed E-state index contributed by atoms with van der Waals surface area (Å²) in [5.41, 5.74) is 2.03. The molecule has 0 spiro atoms. The zero-order chi connectivity index (χ0) is 19.1. The molecule has 0 radical (unpaired) electrons. The van der Waals surface area contributed by atoms with E-state index < -0.39 is 0 Å². The molecule has 6 nitrogen and oxygen atoms in total. The van der Waals surface area contributed by atoms with Crippen LogP contribution in [0.5, 0.6) is 0 Å². The molecule has 2 aromatic rings. The first-order chi connectivity index (χ1) is 12.4. The third-order valence-electron chi connectivity index (χ3n) is 4.27. The van der Waals surface area contributed by atoms with Crippen LogP contribution in [0.25, 0.3) is 0 Å². The molecule has 0 aliphatic carbocycles. The van der Waals surface area contributed by atoms with Crippen molar-refractivity contribution in [1.82, 2.24) is 15.5 Å². The minimum atomic E-state index is -0.375. The van der Waals surface area contributed by atoms with Gasteiger partial charge >= 0.3 is 0 Å². The van der Waals surface area contributed by atoms with Crippen LogP contribution in [0.2, 0.25) is 0 Å². The summed E-state index contributed by atoms with van der Waals surface area (Å²) in [7, 11) is 0. The van der Waals surface area contributed by atoms with Gasteiger partial charge in [0.05, 0.1) is 12.5 Å². The minimum Gasteiger partial charge on any atom is -0.349 e. The normalized spacial score (nSPS) is 12.0. The minimum absolute atomic E-state index is 0.141. The summed E-state index contributed by atoms with van der Waals surface area (Å²) in [6, 6.07) is 7.42. The van der Waals surface area contributed by atoms with Gasteiger partial charge in [-0.1, -0.05) is 55.0 Å². The number of carbonyl (C=O) groups excluding carboxylic acids is 2. The first kappa shape index (κ1) is 20.0. The Morgan fingerprint density at radius 3 is 2.35 bits per heavy atom. The molecule has 2 amide bonds. The molecule has 0 bridgehead atoms. The number of nitrogens with one attached hydrogen (secondary N) is 2. The number of benzene rings is 1. The van der Waals surface area contributed by atoms with Gasteiger partial charge in [0.25, 0.3) is 0 Å². The molecule has 2 N–H and O–H groups in total. The SMILES string of the molecule is CCC(CC)c1nnc(NC(=O)CC(NC(C)=O)c2ccc(C)cc2)s1. The molecular weight excluding hydrogens is 348 g/mol. The van der Waals surface area contributed by atoms with Crippen LogP contribution >= 0.6 is 11.3 Å². The molecule has 0 saturated carbocycles. The third kappa shape index (κ3) is 5.62. The van der Waals surface area contributed by atoms with Crippen molar-refractivity contribution in [3.8, 4) is 0 Å². The van der Waals surface area contributed by atoms with Gasteiger partial charge in [-0.3, -0.25) is 9.59 Å². The van der Waals surface area contributed by atoms with Crippen LogP contribution in [0.3, 0.4) is 0 Å². The van der Waals surface area contributed by atoms with Crippen molar-refractivity contribution in [1.29, 1.82) is 0 Å². The zero-order valence-electron chi connectivity index (χ0n) is 15.7. The van der Waals surface area contributed by atoms with Crippen LogP contribution in [-0.4, -0.2) is 22.0 Å².